The molecule has 0 N–H and O–H groups in total. The first-order valence-electron chi connectivity index (χ1n) is 7.71. The van der Waals surface area contributed by atoms with Gasteiger partial charge in [-0.25, -0.2) is 5.01 Å². The van der Waals surface area contributed by atoms with E-state index >= 15 is 0 Å². The maximum Gasteiger partial charge on any atom is 0.212 e. The lowest BCUT2D eigenvalue weighted by Crippen LogP contribution is -2.60. The van der Waals surface area contributed by atoms with Crippen molar-refractivity contribution < 1.29 is 0 Å². The molecular formula is C17H18BrN7. The van der Waals surface area contributed by atoms with Gasteiger partial charge >= 0.3 is 0 Å². The molecule has 0 aromatic heterocycles. The third kappa shape index (κ3) is 2.83. The lowest BCUT2D eigenvalue weighted by Gasteiger charge is -2.40. The van der Waals surface area contributed by atoms with Crippen LogP contribution in [-0.4, -0.2) is 22.8 Å². The lowest BCUT2D eigenvalue weighted by atomic mass is 10.1. The van der Waals surface area contributed by atoms with Crippen molar-refractivity contribution in [3.05, 3.63) is 60.7 Å². The molecule has 1 atom stereocenters. The number of nitrogens with zero attached hydrogens (tertiary/aromatic N) is 7. The van der Waals surface area contributed by atoms with Crippen LogP contribution in [0, 0.1) is 0 Å². The van der Waals surface area contributed by atoms with Gasteiger partial charge in [-0.15, -0.1) is 32.3 Å². The van der Waals surface area contributed by atoms with E-state index in [-0.39, 0.29) is 17.0 Å². The highest BCUT2D eigenvalue weighted by Gasteiger charge is 2.48. The second-order valence-electron chi connectivity index (χ2n) is 5.72. The average molecular weight is 400 g/mol. The van der Waals surface area contributed by atoms with Crippen LogP contribution in [0.3, 0.4) is 0 Å². The molecule has 1 unspecified atom stereocenters. The molecule has 8 heteroatoms. The van der Waals surface area contributed by atoms with Gasteiger partial charge in [0.2, 0.25) is 5.66 Å². The highest BCUT2D eigenvalue weighted by Crippen LogP contribution is 2.35. The van der Waals surface area contributed by atoms with E-state index in [4.69, 9.17) is 0 Å². The molecule has 0 fully saturated rings. The molecule has 2 aromatic carbocycles. The summed E-state index contributed by atoms with van der Waals surface area (Å²) in [6.07, 6.45) is 1.77. The van der Waals surface area contributed by atoms with E-state index in [2.05, 4.69) is 20.5 Å². The minimum absolute atomic E-state index is 0. The number of para-hydroxylation sites is 2. The first kappa shape index (κ1) is 17.2. The van der Waals surface area contributed by atoms with Gasteiger partial charge in [0.15, 0.2) is 0 Å². The molecule has 7 nitrogen and oxygen atoms in total. The molecule has 2 aromatic rings. The number of hydrogen-bond donors (Lipinski definition) is 0. The van der Waals surface area contributed by atoms with E-state index in [1.807, 2.05) is 89.8 Å². The van der Waals surface area contributed by atoms with Crippen LogP contribution in [-0.2, 0) is 0 Å². The lowest BCUT2D eigenvalue weighted by molar-refractivity contribution is 0.171. The van der Waals surface area contributed by atoms with E-state index in [0.29, 0.717) is 0 Å². The zero-order valence-electron chi connectivity index (χ0n) is 13.9. The Morgan fingerprint density at radius 3 is 2.04 bits per heavy atom. The summed E-state index contributed by atoms with van der Waals surface area (Å²) in [4.78, 5) is 0. The van der Waals surface area contributed by atoms with Crippen molar-refractivity contribution in [1.82, 2.24) is 5.12 Å². The molecular weight excluding hydrogens is 382 g/mol. The summed E-state index contributed by atoms with van der Waals surface area (Å²) < 4.78 is 0. The molecule has 25 heavy (non-hydrogen) atoms. The number of rotatable bonds is 3. The maximum atomic E-state index is 4.57. The predicted octanol–water partition coefficient (Wildman–Crippen LogP) is 4.22. The summed E-state index contributed by atoms with van der Waals surface area (Å²) in [6.45, 7) is 3.90. The van der Waals surface area contributed by atoms with Gasteiger partial charge in [-0.1, -0.05) is 41.5 Å². The summed E-state index contributed by atoms with van der Waals surface area (Å²) in [7, 11) is 0. The van der Waals surface area contributed by atoms with Crippen molar-refractivity contribution in [1.29, 1.82) is 0 Å². The molecule has 0 radical (unpaired) electrons. The molecule has 0 amide bonds. The summed E-state index contributed by atoms with van der Waals surface area (Å²) in [5.74, 6) is 0. The Kier molecular flexibility index (Phi) is 4.65. The monoisotopic (exact) mass is 399 g/mol. The Balaban J connectivity index is 0.00000182. The van der Waals surface area contributed by atoms with Crippen LogP contribution in [0.1, 0.15) is 13.8 Å². The Labute approximate surface area is 156 Å². The van der Waals surface area contributed by atoms with Crippen molar-refractivity contribution in [2.75, 3.05) is 10.1 Å². The number of halogens is 1. The van der Waals surface area contributed by atoms with Crippen molar-refractivity contribution in [3.63, 3.8) is 0 Å². The van der Waals surface area contributed by atoms with E-state index in [0.717, 1.165) is 17.1 Å². The predicted molar refractivity (Wildman–Crippen MR) is 105 cm³/mol. The standard InChI is InChI=1S/C17H17N7.BrH/c1-14-17(2,20-21-19-14)24-22(15-9-5-3-6-10-15)13-18-23(24)16-11-7-4-8-12-16;/h3-13H,1-2H3;1H. The number of benzene rings is 2. The topological polar surface area (TPSA) is 59.2 Å². The Morgan fingerprint density at radius 1 is 0.880 bits per heavy atom. The average Bonchev–Trinajstić information content (AvgIpc) is 3.21. The largest absolute Gasteiger partial charge is 0.239 e. The Morgan fingerprint density at radius 2 is 1.48 bits per heavy atom. The molecule has 2 heterocycles. The van der Waals surface area contributed by atoms with E-state index in [9.17, 15) is 0 Å². The van der Waals surface area contributed by atoms with Gasteiger partial charge in [-0.05, 0) is 43.3 Å². The van der Waals surface area contributed by atoms with Crippen LogP contribution < -0.4 is 10.1 Å². The van der Waals surface area contributed by atoms with Crippen molar-refractivity contribution in [3.8, 4) is 0 Å². The van der Waals surface area contributed by atoms with Gasteiger partial charge in [0.25, 0.3) is 0 Å². The number of anilines is 2. The second-order valence-corrected chi connectivity index (χ2v) is 5.72. The van der Waals surface area contributed by atoms with Gasteiger partial charge in [-0.3, -0.25) is 0 Å². The normalized spacial score (nSPS) is 22.2. The van der Waals surface area contributed by atoms with Gasteiger partial charge in [0.1, 0.15) is 6.34 Å². The minimum Gasteiger partial charge on any atom is -0.239 e. The smallest absolute Gasteiger partial charge is 0.212 e. The first-order valence-corrected chi connectivity index (χ1v) is 7.71. The van der Waals surface area contributed by atoms with Crippen molar-refractivity contribution >= 4 is 40.4 Å². The molecule has 0 bridgehead atoms. The summed E-state index contributed by atoms with van der Waals surface area (Å²) >= 11 is 0. The SMILES string of the molecule is Br.CC1=NN=NC1(C)N1N(c2ccccc2)C=NN1c1ccccc1. The summed E-state index contributed by atoms with van der Waals surface area (Å²) in [6, 6.07) is 20.0. The van der Waals surface area contributed by atoms with Crippen LogP contribution in [0.25, 0.3) is 0 Å². The van der Waals surface area contributed by atoms with Crippen LogP contribution in [0.15, 0.2) is 81.2 Å². The highest BCUT2D eigenvalue weighted by molar-refractivity contribution is 8.93. The van der Waals surface area contributed by atoms with E-state index in [1.54, 1.807) is 6.34 Å². The Hall–Kier alpha value is -2.58. The number of hydrogen-bond acceptors (Lipinski definition) is 7. The van der Waals surface area contributed by atoms with Gasteiger partial charge in [-0.2, -0.15) is 5.12 Å². The molecule has 0 saturated carbocycles. The minimum atomic E-state index is -0.748. The van der Waals surface area contributed by atoms with E-state index < -0.39 is 5.66 Å². The fourth-order valence-electron chi connectivity index (χ4n) is 2.70. The molecule has 2 aliphatic heterocycles. The Bertz CT molecular complexity index is 772. The maximum absolute atomic E-state index is 4.57. The summed E-state index contributed by atoms with van der Waals surface area (Å²) in [5.41, 5.74) is 1.97. The molecule has 128 valence electrons. The molecule has 4 rings (SSSR count). The number of hydrazone groups is 1. The van der Waals surface area contributed by atoms with Gasteiger partial charge in [0, 0.05) is 0 Å². The molecule has 0 aliphatic carbocycles. The molecule has 0 spiro atoms. The second kappa shape index (κ2) is 6.73. The quantitative estimate of drug-likeness (QED) is 0.775. The van der Waals surface area contributed by atoms with Crippen LogP contribution in [0.5, 0.6) is 0 Å². The van der Waals surface area contributed by atoms with Crippen LogP contribution in [0.2, 0.25) is 0 Å². The third-order valence-electron chi connectivity index (χ3n) is 4.17. The fraction of sp³-hybridized carbons (Fsp3) is 0.176. The van der Waals surface area contributed by atoms with E-state index in [1.165, 1.54) is 0 Å². The van der Waals surface area contributed by atoms with Crippen molar-refractivity contribution in [2.24, 2.45) is 20.5 Å². The molecule has 2 aliphatic rings. The summed E-state index contributed by atoms with van der Waals surface area (Å²) in [5, 5.41) is 22.7. The third-order valence-corrected chi connectivity index (χ3v) is 4.17. The highest BCUT2D eigenvalue weighted by atomic mass is 79.9. The first-order chi connectivity index (χ1) is 11.7. The van der Waals surface area contributed by atoms with Crippen LogP contribution >= 0.6 is 17.0 Å². The zero-order chi connectivity index (χ0) is 16.6. The van der Waals surface area contributed by atoms with Gasteiger partial charge in [0.05, 0.1) is 17.1 Å². The van der Waals surface area contributed by atoms with Crippen molar-refractivity contribution in [2.45, 2.75) is 19.5 Å². The fourth-order valence-corrected chi connectivity index (χ4v) is 2.70. The molecule has 0 saturated heterocycles. The zero-order valence-corrected chi connectivity index (χ0v) is 15.6. The van der Waals surface area contributed by atoms with Gasteiger partial charge < -0.3 is 0 Å². The van der Waals surface area contributed by atoms with Crippen LogP contribution in [0.4, 0.5) is 11.4 Å². The number of hydrazine groups is 2.